The first-order chi connectivity index (χ1) is 7.06. The van der Waals surface area contributed by atoms with Crippen molar-refractivity contribution in [3.63, 3.8) is 0 Å². The third-order valence-electron chi connectivity index (χ3n) is 2.46. The Balaban J connectivity index is 2.39. The van der Waals surface area contributed by atoms with Crippen LogP contribution in [0.25, 0.3) is 0 Å². The Kier molecular flexibility index (Phi) is 4.50. The lowest BCUT2D eigenvalue weighted by atomic mass is 10.1. The number of amides is 1. The highest BCUT2D eigenvalue weighted by atomic mass is 16.5. The van der Waals surface area contributed by atoms with E-state index in [0.29, 0.717) is 13.2 Å². The van der Waals surface area contributed by atoms with Crippen molar-refractivity contribution in [2.24, 2.45) is 0 Å². The van der Waals surface area contributed by atoms with Gasteiger partial charge in [-0.2, -0.15) is 0 Å². The van der Waals surface area contributed by atoms with Crippen LogP contribution in [0.4, 0.5) is 0 Å². The van der Waals surface area contributed by atoms with Gasteiger partial charge in [0, 0.05) is 13.1 Å². The van der Waals surface area contributed by atoms with E-state index in [0.717, 1.165) is 19.6 Å². The van der Waals surface area contributed by atoms with Crippen molar-refractivity contribution in [2.75, 3.05) is 32.8 Å². The van der Waals surface area contributed by atoms with Gasteiger partial charge in [0.25, 0.3) is 5.91 Å². The first-order valence-corrected chi connectivity index (χ1v) is 5.45. The van der Waals surface area contributed by atoms with Gasteiger partial charge in [-0.25, -0.2) is 5.01 Å². The molecule has 1 fully saturated rings. The highest BCUT2D eigenvalue weighted by Gasteiger charge is 2.27. The van der Waals surface area contributed by atoms with Gasteiger partial charge in [-0.15, -0.1) is 0 Å². The van der Waals surface area contributed by atoms with Crippen LogP contribution in [0.3, 0.4) is 0 Å². The van der Waals surface area contributed by atoms with Crippen molar-refractivity contribution in [3.05, 3.63) is 0 Å². The van der Waals surface area contributed by atoms with E-state index in [-0.39, 0.29) is 5.91 Å². The number of hydrogen-bond acceptors (Lipinski definition) is 4. The molecule has 1 aliphatic rings. The lowest BCUT2D eigenvalue weighted by Crippen LogP contribution is -2.58. The van der Waals surface area contributed by atoms with E-state index in [1.807, 2.05) is 25.8 Å². The first kappa shape index (κ1) is 12.4. The number of likely N-dealkylation sites (N-methyl/N-ethyl adjacent to an activating group) is 1. The smallest absolute Gasteiger partial charge is 0.253 e. The van der Waals surface area contributed by atoms with Gasteiger partial charge in [0.05, 0.1) is 18.8 Å². The molecule has 88 valence electrons. The van der Waals surface area contributed by atoms with E-state index in [1.165, 1.54) is 0 Å². The average Bonchev–Trinajstić information content (AvgIpc) is 2.19. The Bertz CT molecular complexity index is 213. The van der Waals surface area contributed by atoms with Crippen LogP contribution >= 0.6 is 0 Å². The first-order valence-electron chi connectivity index (χ1n) is 5.45. The summed E-state index contributed by atoms with van der Waals surface area (Å²) in [5.74, 6) is 0.00579. The summed E-state index contributed by atoms with van der Waals surface area (Å²) < 4.78 is 5.21. The summed E-state index contributed by atoms with van der Waals surface area (Å²) in [6.07, 6.45) is 0. The van der Waals surface area contributed by atoms with Gasteiger partial charge < -0.3 is 10.1 Å². The number of hydrogen-bond donors (Lipinski definition) is 2. The molecule has 15 heavy (non-hydrogen) atoms. The van der Waals surface area contributed by atoms with Gasteiger partial charge in [0.2, 0.25) is 0 Å². The second-order valence-electron chi connectivity index (χ2n) is 4.20. The van der Waals surface area contributed by atoms with Gasteiger partial charge in [0.15, 0.2) is 0 Å². The molecule has 0 aromatic carbocycles. The summed E-state index contributed by atoms with van der Waals surface area (Å²) >= 11 is 0. The Morgan fingerprint density at radius 3 is 2.53 bits per heavy atom. The van der Waals surface area contributed by atoms with Crippen molar-refractivity contribution in [3.8, 4) is 0 Å². The summed E-state index contributed by atoms with van der Waals surface area (Å²) in [4.78, 5) is 11.9. The fourth-order valence-electron chi connectivity index (χ4n) is 1.48. The van der Waals surface area contributed by atoms with Crippen molar-refractivity contribution >= 4 is 5.91 Å². The highest BCUT2D eigenvalue weighted by Crippen LogP contribution is 2.03. The molecule has 5 nitrogen and oxygen atoms in total. The molecule has 1 saturated heterocycles. The SMILES string of the molecule is CCNC(C)(C)C(=O)NN1CCOCC1. The number of nitrogens with one attached hydrogen (secondary N) is 2. The third kappa shape index (κ3) is 3.77. The Hall–Kier alpha value is -0.650. The monoisotopic (exact) mass is 215 g/mol. The minimum Gasteiger partial charge on any atom is -0.379 e. The Labute approximate surface area is 91.1 Å². The molecule has 0 aromatic rings. The molecule has 0 aromatic heterocycles. The molecular weight excluding hydrogens is 194 g/mol. The maximum atomic E-state index is 11.9. The molecule has 0 atom stereocenters. The molecule has 0 bridgehead atoms. The molecule has 1 amide bonds. The normalized spacial score (nSPS) is 18.9. The van der Waals surface area contributed by atoms with Crippen LogP contribution in [0, 0.1) is 0 Å². The zero-order chi connectivity index (χ0) is 11.3. The quantitative estimate of drug-likeness (QED) is 0.678. The van der Waals surface area contributed by atoms with Crippen LogP contribution < -0.4 is 10.7 Å². The summed E-state index contributed by atoms with van der Waals surface area (Å²) in [7, 11) is 0. The molecule has 5 heteroatoms. The summed E-state index contributed by atoms with van der Waals surface area (Å²) in [5.41, 5.74) is 2.38. The molecule has 0 unspecified atom stereocenters. The number of hydrazine groups is 1. The number of nitrogens with zero attached hydrogens (tertiary/aromatic N) is 1. The second-order valence-corrected chi connectivity index (χ2v) is 4.20. The summed E-state index contributed by atoms with van der Waals surface area (Å²) in [6, 6.07) is 0. The predicted octanol–water partition coefficient (Wildman–Crippen LogP) is -0.262. The Morgan fingerprint density at radius 1 is 1.40 bits per heavy atom. The average molecular weight is 215 g/mol. The van der Waals surface area contributed by atoms with Gasteiger partial charge >= 0.3 is 0 Å². The van der Waals surface area contributed by atoms with Crippen LogP contribution in [0.2, 0.25) is 0 Å². The number of carbonyl (C=O) groups is 1. The molecule has 1 heterocycles. The van der Waals surface area contributed by atoms with Crippen molar-refractivity contribution in [2.45, 2.75) is 26.3 Å². The predicted molar refractivity (Wildman–Crippen MR) is 58.3 cm³/mol. The van der Waals surface area contributed by atoms with Crippen molar-refractivity contribution in [1.82, 2.24) is 15.8 Å². The van der Waals surface area contributed by atoms with Crippen LogP contribution in [0.5, 0.6) is 0 Å². The zero-order valence-corrected chi connectivity index (χ0v) is 9.80. The van der Waals surface area contributed by atoms with E-state index >= 15 is 0 Å². The second kappa shape index (κ2) is 5.44. The maximum absolute atomic E-state index is 11.9. The van der Waals surface area contributed by atoms with Crippen LogP contribution in [0.15, 0.2) is 0 Å². The molecule has 0 radical (unpaired) electrons. The fraction of sp³-hybridized carbons (Fsp3) is 0.900. The van der Waals surface area contributed by atoms with Crippen molar-refractivity contribution < 1.29 is 9.53 Å². The standard InChI is InChI=1S/C10H21N3O2/c1-4-11-10(2,3)9(14)12-13-5-7-15-8-6-13/h11H,4-8H2,1-3H3,(H,12,14). The van der Waals surface area contributed by atoms with E-state index in [2.05, 4.69) is 10.7 Å². The molecule has 1 aliphatic heterocycles. The van der Waals surface area contributed by atoms with E-state index in [1.54, 1.807) is 0 Å². The molecule has 0 spiro atoms. The molecule has 1 rings (SSSR count). The lowest BCUT2D eigenvalue weighted by molar-refractivity contribution is -0.133. The number of morpholine rings is 1. The summed E-state index contributed by atoms with van der Waals surface area (Å²) in [6.45, 7) is 9.41. The zero-order valence-electron chi connectivity index (χ0n) is 9.80. The lowest BCUT2D eigenvalue weighted by Gasteiger charge is -2.31. The van der Waals surface area contributed by atoms with Crippen LogP contribution in [0.1, 0.15) is 20.8 Å². The van der Waals surface area contributed by atoms with E-state index < -0.39 is 5.54 Å². The van der Waals surface area contributed by atoms with Gasteiger partial charge in [0.1, 0.15) is 0 Å². The van der Waals surface area contributed by atoms with Crippen LogP contribution in [-0.2, 0) is 9.53 Å². The molecule has 0 aliphatic carbocycles. The molecular formula is C10H21N3O2. The minimum absolute atomic E-state index is 0.00579. The number of carbonyl (C=O) groups excluding carboxylic acids is 1. The third-order valence-corrected chi connectivity index (χ3v) is 2.46. The van der Waals surface area contributed by atoms with Gasteiger partial charge in [-0.1, -0.05) is 6.92 Å². The maximum Gasteiger partial charge on any atom is 0.253 e. The Morgan fingerprint density at radius 2 is 2.00 bits per heavy atom. The van der Waals surface area contributed by atoms with Crippen molar-refractivity contribution in [1.29, 1.82) is 0 Å². The minimum atomic E-state index is -0.521. The number of ether oxygens (including phenoxy) is 1. The van der Waals surface area contributed by atoms with E-state index in [4.69, 9.17) is 4.74 Å². The van der Waals surface area contributed by atoms with Gasteiger partial charge in [-0.3, -0.25) is 10.2 Å². The summed E-state index contributed by atoms with van der Waals surface area (Å²) in [5, 5.41) is 5.05. The highest BCUT2D eigenvalue weighted by molar-refractivity contribution is 5.84. The largest absolute Gasteiger partial charge is 0.379 e. The molecule has 0 saturated carbocycles. The molecule has 2 N–H and O–H groups in total. The topological polar surface area (TPSA) is 53.6 Å². The van der Waals surface area contributed by atoms with Crippen LogP contribution in [-0.4, -0.2) is 49.3 Å². The van der Waals surface area contributed by atoms with E-state index in [9.17, 15) is 4.79 Å². The fourth-order valence-corrected chi connectivity index (χ4v) is 1.48. The van der Waals surface area contributed by atoms with Gasteiger partial charge in [-0.05, 0) is 20.4 Å². The number of rotatable bonds is 4.